The van der Waals surface area contributed by atoms with Gasteiger partial charge in [-0.15, -0.1) is 0 Å². The first kappa shape index (κ1) is 14.4. The molecule has 0 spiro atoms. The number of hydrogen-bond acceptors (Lipinski definition) is 4. The predicted molar refractivity (Wildman–Crippen MR) is 78.5 cm³/mol. The van der Waals surface area contributed by atoms with Crippen molar-refractivity contribution in [3.05, 3.63) is 23.3 Å². The fraction of sp³-hybridized carbons (Fsp3) is 0.733. The molecule has 0 saturated carbocycles. The maximum Gasteiger partial charge on any atom is 0.132 e. The molecule has 106 valence electrons. The molecule has 1 unspecified atom stereocenters. The van der Waals surface area contributed by atoms with Crippen LogP contribution in [0.3, 0.4) is 0 Å². The molecule has 1 aromatic heterocycles. The SMILES string of the molecule is CCCc1cc(C)nc(C(C)CN2CCNCC2)n1. The van der Waals surface area contributed by atoms with Crippen LogP contribution in [0.4, 0.5) is 0 Å². The van der Waals surface area contributed by atoms with Crippen molar-refractivity contribution in [3.8, 4) is 0 Å². The van der Waals surface area contributed by atoms with Crippen LogP contribution in [0.2, 0.25) is 0 Å². The highest BCUT2D eigenvalue weighted by molar-refractivity contribution is 5.12. The van der Waals surface area contributed by atoms with Crippen molar-refractivity contribution >= 4 is 0 Å². The lowest BCUT2D eigenvalue weighted by molar-refractivity contribution is 0.228. The third-order valence-electron chi connectivity index (χ3n) is 3.61. The first-order valence-corrected chi connectivity index (χ1v) is 7.46. The van der Waals surface area contributed by atoms with Crippen molar-refractivity contribution in [1.29, 1.82) is 0 Å². The maximum atomic E-state index is 4.74. The lowest BCUT2D eigenvalue weighted by Crippen LogP contribution is -2.44. The van der Waals surface area contributed by atoms with Crippen molar-refractivity contribution < 1.29 is 0 Å². The summed E-state index contributed by atoms with van der Waals surface area (Å²) in [5, 5.41) is 3.39. The topological polar surface area (TPSA) is 41.1 Å². The monoisotopic (exact) mass is 262 g/mol. The van der Waals surface area contributed by atoms with Crippen molar-refractivity contribution in [3.63, 3.8) is 0 Å². The second kappa shape index (κ2) is 6.96. The molecule has 1 aliphatic heterocycles. The van der Waals surface area contributed by atoms with Gasteiger partial charge in [0.05, 0.1) is 0 Å². The van der Waals surface area contributed by atoms with Crippen LogP contribution in [0.5, 0.6) is 0 Å². The van der Waals surface area contributed by atoms with Gasteiger partial charge in [-0.05, 0) is 19.4 Å². The van der Waals surface area contributed by atoms with E-state index in [0.717, 1.165) is 57.1 Å². The predicted octanol–water partition coefficient (Wildman–Crippen LogP) is 1.75. The van der Waals surface area contributed by atoms with Crippen molar-refractivity contribution in [1.82, 2.24) is 20.2 Å². The summed E-state index contributed by atoms with van der Waals surface area (Å²) >= 11 is 0. The van der Waals surface area contributed by atoms with Gasteiger partial charge in [0.15, 0.2) is 0 Å². The van der Waals surface area contributed by atoms with Crippen LogP contribution in [-0.4, -0.2) is 47.6 Å². The van der Waals surface area contributed by atoms with Crippen LogP contribution in [0.25, 0.3) is 0 Å². The minimum atomic E-state index is 0.411. The third kappa shape index (κ3) is 4.25. The van der Waals surface area contributed by atoms with Gasteiger partial charge >= 0.3 is 0 Å². The highest BCUT2D eigenvalue weighted by Gasteiger charge is 2.16. The van der Waals surface area contributed by atoms with Crippen LogP contribution in [0, 0.1) is 6.92 Å². The van der Waals surface area contributed by atoms with E-state index in [1.165, 1.54) is 5.69 Å². The summed E-state index contributed by atoms with van der Waals surface area (Å²) in [6, 6.07) is 2.12. The standard InChI is InChI=1S/C15H26N4/c1-4-5-14-10-13(3)17-15(18-14)12(2)11-19-8-6-16-7-9-19/h10,12,16H,4-9,11H2,1-3H3. The molecule has 4 nitrogen and oxygen atoms in total. The second-order valence-electron chi connectivity index (χ2n) is 5.56. The van der Waals surface area contributed by atoms with Gasteiger partial charge in [-0.1, -0.05) is 20.3 Å². The third-order valence-corrected chi connectivity index (χ3v) is 3.61. The van der Waals surface area contributed by atoms with Gasteiger partial charge in [0.2, 0.25) is 0 Å². The molecule has 0 radical (unpaired) electrons. The molecule has 1 aromatic rings. The molecule has 1 N–H and O–H groups in total. The highest BCUT2D eigenvalue weighted by atomic mass is 15.2. The van der Waals surface area contributed by atoms with E-state index in [2.05, 4.69) is 42.0 Å². The molecule has 0 aliphatic carbocycles. The van der Waals surface area contributed by atoms with Gasteiger partial charge < -0.3 is 10.2 Å². The molecule has 1 saturated heterocycles. The Morgan fingerprint density at radius 3 is 2.74 bits per heavy atom. The summed E-state index contributed by atoms with van der Waals surface area (Å²) in [7, 11) is 0. The summed E-state index contributed by atoms with van der Waals surface area (Å²) < 4.78 is 0. The van der Waals surface area contributed by atoms with E-state index in [9.17, 15) is 0 Å². The number of nitrogens with zero attached hydrogens (tertiary/aromatic N) is 3. The van der Waals surface area contributed by atoms with E-state index < -0.39 is 0 Å². The zero-order chi connectivity index (χ0) is 13.7. The molecule has 4 heteroatoms. The zero-order valence-electron chi connectivity index (χ0n) is 12.4. The lowest BCUT2D eigenvalue weighted by atomic mass is 10.1. The normalized spacial score (nSPS) is 18.5. The van der Waals surface area contributed by atoms with Crippen LogP contribution in [0.15, 0.2) is 6.07 Å². The highest BCUT2D eigenvalue weighted by Crippen LogP contribution is 2.15. The summed E-state index contributed by atoms with van der Waals surface area (Å²) in [6.07, 6.45) is 2.19. The number of hydrogen-bond donors (Lipinski definition) is 1. The molecular weight excluding hydrogens is 236 g/mol. The number of aryl methyl sites for hydroxylation is 2. The fourth-order valence-corrected chi connectivity index (χ4v) is 2.63. The van der Waals surface area contributed by atoms with E-state index in [-0.39, 0.29) is 0 Å². The minimum Gasteiger partial charge on any atom is -0.314 e. The Morgan fingerprint density at radius 1 is 1.32 bits per heavy atom. The first-order chi connectivity index (χ1) is 9.19. The summed E-state index contributed by atoms with van der Waals surface area (Å²) in [5.41, 5.74) is 2.29. The molecule has 1 aliphatic rings. The summed E-state index contributed by atoms with van der Waals surface area (Å²) in [5.74, 6) is 1.43. The van der Waals surface area contributed by atoms with Gasteiger partial charge in [0.1, 0.15) is 5.82 Å². The summed E-state index contributed by atoms with van der Waals surface area (Å²) in [4.78, 5) is 11.9. The molecule has 2 rings (SSSR count). The number of rotatable bonds is 5. The van der Waals surface area contributed by atoms with Crippen LogP contribution < -0.4 is 5.32 Å². The van der Waals surface area contributed by atoms with Gasteiger partial charge in [0.25, 0.3) is 0 Å². The Bertz CT molecular complexity index is 399. The molecule has 0 aromatic carbocycles. The Kier molecular flexibility index (Phi) is 5.28. The number of nitrogens with one attached hydrogen (secondary N) is 1. The van der Waals surface area contributed by atoms with E-state index in [0.29, 0.717) is 5.92 Å². The average Bonchev–Trinajstić information content (AvgIpc) is 2.39. The Hall–Kier alpha value is -1.00. The van der Waals surface area contributed by atoms with Crippen molar-refractivity contribution in [2.24, 2.45) is 0 Å². The zero-order valence-corrected chi connectivity index (χ0v) is 12.4. The van der Waals surface area contributed by atoms with E-state index in [1.807, 2.05) is 0 Å². The number of piperazine rings is 1. The largest absolute Gasteiger partial charge is 0.314 e. The second-order valence-corrected chi connectivity index (χ2v) is 5.56. The smallest absolute Gasteiger partial charge is 0.132 e. The Morgan fingerprint density at radius 2 is 2.05 bits per heavy atom. The number of aromatic nitrogens is 2. The molecule has 0 bridgehead atoms. The average molecular weight is 262 g/mol. The molecule has 19 heavy (non-hydrogen) atoms. The van der Waals surface area contributed by atoms with Gasteiger partial charge in [-0.3, -0.25) is 0 Å². The van der Waals surface area contributed by atoms with Crippen LogP contribution >= 0.6 is 0 Å². The lowest BCUT2D eigenvalue weighted by Gasteiger charge is -2.29. The van der Waals surface area contributed by atoms with E-state index in [1.54, 1.807) is 0 Å². The summed E-state index contributed by atoms with van der Waals surface area (Å²) in [6.45, 7) is 12.0. The molecule has 1 atom stereocenters. The molecule has 2 heterocycles. The van der Waals surface area contributed by atoms with E-state index in [4.69, 9.17) is 4.98 Å². The van der Waals surface area contributed by atoms with Crippen LogP contribution in [0.1, 0.15) is 43.4 Å². The van der Waals surface area contributed by atoms with Gasteiger partial charge in [-0.2, -0.15) is 0 Å². The minimum absolute atomic E-state index is 0.411. The molecule has 1 fully saturated rings. The van der Waals surface area contributed by atoms with E-state index >= 15 is 0 Å². The maximum absolute atomic E-state index is 4.74. The van der Waals surface area contributed by atoms with Crippen molar-refractivity contribution in [2.75, 3.05) is 32.7 Å². The quantitative estimate of drug-likeness (QED) is 0.877. The van der Waals surface area contributed by atoms with Gasteiger partial charge in [-0.25, -0.2) is 9.97 Å². The first-order valence-electron chi connectivity index (χ1n) is 7.46. The Balaban J connectivity index is 2.02. The van der Waals surface area contributed by atoms with Crippen LogP contribution in [-0.2, 0) is 6.42 Å². The van der Waals surface area contributed by atoms with Gasteiger partial charge in [0, 0.05) is 50.0 Å². The fourth-order valence-electron chi connectivity index (χ4n) is 2.63. The molecular formula is C15H26N4. The van der Waals surface area contributed by atoms with Crippen molar-refractivity contribution in [2.45, 2.75) is 39.5 Å². The Labute approximate surface area is 116 Å². The molecule has 0 amide bonds.